The Kier molecular flexibility index (Phi) is 9.59. The van der Waals surface area contributed by atoms with Crippen molar-refractivity contribution in [2.24, 2.45) is 4.99 Å². The summed E-state index contributed by atoms with van der Waals surface area (Å²) in [5, 5.41) is 6.14. The molecule has 0 spiro atoms. The lowest BCUT2D eigenvalue weighted by Gasteiger charge is -2.24. The molecule has 0 radical (unpaired) electrons. The van der Waals surface area contributed by atoms with E-state index in [1.807, 2.05) is 0 Å². The minimum Gasteiger partial charge on any atom is -0.497 e. The average molecular weight is 428 g/mol. The van der Waals surface area contributed by atoms with Gasteiger partial charge in [-0.25, -0.2) is 4.99 Å². The summed E-state index contributed by atoms with van der Waals surface area (Å²) in [5.74, 6) is 0.781. The third-order valence-corrected chi connectivity index (χ3v) is 4.57. The van der Waals surface area contributed by atoms with E-state index in [-0.39, 0.29) is 30.9 Å². The highest BCUT2D eigenvalue weighted by Crippen LogP contribution is 2.26. The number of carbonyl (C=O) groups is 1. The second-order valence-corrected chi connectivity index (χ2v) is 7.03. The van der Waals surface area contributed by atoms with Crippen LogP contribution in [0.5, 0.6) is 11.5 Å². The fourth-order valence-electron chi connectivity index (χ4n) is 2.85. The van der Waals surface area contributed by atoms with Crippen LogP contribution in [0.2, 0.25) is 0 Å². The van der Waals surface area contributed by atoms with Crippen LogP contribution in [0.4, 0.5) is 8.78 Å². The van der Waals surface area contributed by atoms with Crippen LogP contribution < -0.4 is 20.1 Å². The van der Waals surface area contributed by atoms with Gasteiger partial charge in [-0.05, 0) is 37.5 Å². The highest BCUT2D eigenvalue weighted by molar-refractivity contribution is 5.86. The number of aliphatic imine (C=N–C) groups is 1. The third kappa shape index (κ3) is 8.02. The molecule has 1 heterocycles. The third-order valence-electron chi connectivity index (χ3n) is 4.57. The van der Waals surface area contributed by atoms with Crippen molar-refractivity contribution < 1.29 is 27.8 Å². The number of ether oxygens (including phenoxy) is 3. The lowest BCUT2D eigenvalue weighted by Crippen LogP contribution is -2.45. The second-order valence-electron chi connectivity index (χ2n) is 7.03. The number of alkyl halides is 2. The number of guanidine groups is 1. The van der Waals surface area contributed by atoms with Crippen LogP contribution in [0.3, 0.4) is 0 Å². The fourth-order valence-corrected chi connectivity index (χ4v) is 2.85. The number of methoxy groups -OCH3 is 1. The van der Waals surface area contributed by atoms with Gasteiger partial charge in [0.05, 0.1) is 26.3 Å². The van der Waals surface area contributed by atoms with Crippen LogP contribution in [0.25, 0.3) is 0 Å². The van der Waals surface area contributed by atoms with Crippen LogP contribution in [-0.4, -0.2) is 70.4 Å². The number of benzene rings is 1. The van der Waals surface area contributed by atoms with Gasteiger partial charge in [-0.15, -0.1) is 0 Å². The van der Waals surface area contributed by atoms with E-state index >= 15 is 0 Å². The molecular formula is C20H30F2N4O4. The lowest BCUT2D eigenvalue weighted by atomic mass is 10.1. The minimum absolute atomic E-state index is 0.0221. The molecule has 1 unspecified atom stereocenters. The van der Waals surface area contributed by atoms with E-state index in [1.165, 1.54) is 18.1 Å². The van der Waals surface area contributed by atoms with E-state index < -0.39 is 6.61 Å². The molecule has 0 bridgehead atoms. The summed E-state index contributed by atoms with van der Waals surface area (Å²) in [6, 6.07) is 4.55. The standard InChI is InChI=1S/C20H30F2N4O4/c1-26(2)18(27)13-25-20(24-12-16-6-4-5-9-29-16)23-11-14-10-15(28-3)7-8-17(14)30-19(21)22/h7-8,10,16,19H,4-6,9,11-13H2,1-3H3,(H2,23,24,25). The lowest BCUT2D eigenvalue weighted by molar-refractivity contribution is -0.127. The highest BCUT2D eigenvalue weighted by atomic mass is 19.3. The first kappa shape index (κ1) is 23.7. The predicted molar refractivity (Wildman–Crippen MR) is 109 cm³/mol. The Labute approximate surface area is 175 Å². The molecule has 1 fully saturated rings. The normalized spacial score (nSPS) is 16.9. The molecule has 10 heteroatoms. The molecule has 0 saturated carbocycles. The molecule has 1 amide bonds. The van der Waals surface area contributed by atoms with Crippen molar-refractivity contribution in [3.05, 3.63) is 23.8 Å². The molecular weight excluding hydrogens is 398 g/mol. The number of likely N-dealkylation sites (N-methyl/N-ethyl adjacent to an activating group) is 1. The summed E-state index contributed by atoms with van der Waals surface area (Å²) in [6.07, 6.45) is 3.16. The smallest absolute Gasteiger partial charge is 0.387 e. The topological polar surface area (TPSA) is 84.4 Å². The van der Waals surface area contributed by atoms with Gasteiger partial charge >= 0.3 is 6.61 Å². The summed E-state index contributed by atoms with van der Waals surface area (Å²) < 4.78 is 40.9. The van der Waals surface area contributed by atoms with Gasteiger partial charge < -0.3 is 29.7 Å². The molecule has 30 heavy (non-hydrogen) atoms. The number of carbonyl (C=O) groups excluding carboxylic acids is 1. The largest absolute Gasteiger partial charge is 0.497 e. The molecule has 0 aliphatic carbocycles. The Morgan fingerprint density at radius 1 is 1.33 bits per heavy atom. The SMILES string of the molecule is COc1ccc(OC(F)F)c(CN=C(NCC(=O)N(C)C)NCC2CCCCO2)c1. The quantitative estimate of drug-likeness (QED) is 0.462. The number of amides is 1. The Bertz CT molecular complexity index is 710. The Morgan fingerprint density at radius 2 is 2.13 bits per heavy atom. The van der Waals surface area contributed by atoms with Crippen molar-refractivity contribution in [3.63, 3.8) is 0 Å². The van der Waals surface area contributed by atoms with Crippen molar-refractivity contribution in [1.82, 2.24) is 15.5 Å². The second kappa shape index (κ2) is 12.2. The average Bonchev–Trinajstić information content (AvgIpc) is 2.74. The molecule has 0 aromatic heterocycles. The molecule has 1 atom stereocenters. The van der Waals surface area contributed by atoms with Gasteiger partial charge in [-0.1, -0.05) is 0 Å². The van der Waals surface area contributed by atoms with Crippen LogP contribution in [0, 0.1) is 0 Å². The van der Waals surface area contributed by atoms with Crippen LogP contribution in [0.1, 0.15) is 24.8 Å². The fraction of sp³-hybridized carbons (Fsp3) is 0.600. The van der Waals surface area contributed by atoms with Gasteiger partial charge in [0, 0.05) is 32.8 Å². The van der Waals surface area contributed by atoms with E-state index in [1.54, 1.807) is 26.2 Å². The number of hydrogen-bond acceptors (Lipinski definition) is 5. The van der Waals surface area contributed by atoms with Crippen molar-refractivity contribution >= 4 is 11.9 Å². The summed E-state index contributed by atoms with van der Waals surface area (Å²) >= 11 is 0. The molecule has 168 valence electrons. The zero-order chi connectivity index (χ0) is 21.9. The highest BCUT2D eigenvalue weighted by Gasteiger charge is 2.15. The molecule has 1 aromatic carbocycles. The van der Waals surface area contributed by atoms with Crippen LogP contribution >= 0.6 is 0 Å². The number of nitrogens with one attached hydrogen (secondary N) is 2. The molecule has 1 aromatic rings. The molecule has 2 N–H and O–H groups in total. The minimum atomic E-state index is -2.95. The maximum atomic E-state index is 12.7. The van der Waals surface area contributed by atoms with E-state index in [9.17, 15) is 13.6 Å². The van der Waals surface area contributed by atoms with E-state index in [2.05, 4.69) is 20.4 Å². The Hall–Kier alpha value is -2.62. The van der Waals surface area contributed by atoms with E-state index in [0.717, 1.165) is 25.9 Å². The molecule has 1 aliphatic heterocycles. The van der Waals surface area contributed by atoms with Gasteiger partial charge in [0.25, 0.3) is 0 Å². The van der Waals surface area contributed by atoms with Crippen LogP contribution in [0.15, 0.2) is 23.2 Å². The monoisotopic (exact) mass is 428 g/mol. The molecule has 1 aliphatic rings. The first-order chi connectivity index (χ1) is 14.4. The zero-order valence-corrected chi connectivity index (χ0v) is 17.6. The summed E-state index contributed by atoms with van der Waals surface area (Å²) in [6.45, 7) is -1.60. The van der Waals surface area contributed by atoms with E-state index in [4.69, 9.17) is 9.47 Å². The number of rotatable bonds is 9. The van der Waals surface area contributed by atoms with Gasteiger partial charge in [0.1, 0.15) is 11.5 Å². The maximum Gasteiger partial charge on any atom is 0.387 e. The number of nitrogens with zero attached hydrogens (tertiary/aromatic N) is 2. The van der Waals surface area contributed by atoms with Crippen LogP contribution in [-0.2, 0) is 16.1 Å². The summed E-state index contributed by atoms with van der Waals surface area (Å²) in [5.41, 5.74) is 0.434. The van der Waals surface area contributed by atoms with Crippen molar-refractivity contribution in [2.45, 2.75) is 38.5 Å². The van der Waals surface area contributed by atoms with Gasteiger partial charge in [-0.2, -0.15) is 8.78 Å². The number of hydrogen-bond donors (Lipinski definition) is 2. The predicted octanol–water partition coefficient (Wildman–Crippen LogP) is 1.99. The Balaban J connectivity index is 2.11. The maximum absolute atomic E-state index is 12.7. The summed E-state index contributed by atoms with van der Waals surface area (Å²) in [4.78, 5) is 17.8. The van der Waals surface area contributed by atoms with Crippen molar-refractivity contribution in [3.8, 4) is 11.5 Å². The van der Waals surface area contributed by atoms with Gasteiger partial charge in [0.2, 0.25) is 5.91 Å². The van der Waals surface area contributed by atoms with E-state index in [0.29, 0.717) is 23.8 Å². The van der Waals surface area contributed by atoms with Crippen molar-refractivity contribution in [2.75, 3.05) is 40.9 Å². The number of halogens is 2. The molecule has 1 saturated heterocycles. The van der Waals surface area contributed by atoms with Crippen molar-refractivity contribution in [1.29, 1.82) is 0 Å². The first-order valence-electron chi connectivity index (χ1n) is 9.84. The molecule has 2 rings (SSSR count). The molecule has 8 nitrogen and oxygen atoms in total. The van der Waals surface area contributed by atoms with Gasteiger partial charge in [0.15, 0.2) is 5.96 Å². The first-order valence-corrected chi connectivity index (χ1v) is 9.84. The summed E-state index contributed by atoms with van der Waals surface area (Å²) in [7, 11) is 4.81. The zero-order valence-electron chi connectivity index (χ0n) is 17.6. The van der Waals surface area contributed by atoms with Gasteiger partial charge in [-0.3, -0.25) is 4.79 Å². The Morgan fingerprint density at radius 3 is 2.77 bits per heavy atom.